The van der Waals surface area contributed by atoms with E-state index in [-0.39, 0.29) is 16.0 Å². The third kappa shape index (κ3) is 5.78. The Hall–Kier alpha value is -2.24. The summed E-state index contributed by atoms with van der Waals surface area (Å²) in [5, 5.41) is 0.706. The maximum atomic E-state index is 12.9. The number of fused-ring (bicyclic) bond motifs is 1. The first-order chi connectivity index (χ1) is 16.5. The molecule has 35 heavy (non-hydrogen) atoms. The quantitative estimate of drug-likeness (QED) is 0.475. The number of rotatable bonds is 6. The lowest BCUT2D eigenvalue weighted by atomic mass is 9.86. The lowest BCUT2D eigenvalue weighted by Gasteiger charge is -2.25. The van der Waals surface area contributed by atoms with Crippen LogP contribution in [0.25, 0.3) is 10.2 Å². The molecule has 1 atom stereocenters. The van der Waals surface area contributed by atoms with Gasteiger partial charge in [-0.2, -0.15) is 13.2 Å². The minimum Gasteiger partial charge on any atom is -0.355 e. The molecule has 0 saturated carbocycles. The van der Waals surface area contributed by atoms with E-state index in [4.69, 9.17) is 0 Å². The zero-order chi connectivity index (χ0) is 24.8. The average molecular weight is 525 g/mol. The first-order valence-corrected chi connectivity index (χ1v) is 14.4. The lowest BCUT2D eigenvalue weighted by Crippen LogP contribution is -2.31. The number of nitrogens with zero attached hydrogens (tertiary/aromatic N) is 4. The van der Waals surface area contributed by atoms with E-state index in [0.717, 1.165) is 73.8 Å². The highest BCUT2D eigenvalue weighted by molar-refractivity contribution is 7.89. The summed E-state index contributed by atoms with van der Waals surface area (Å²) in [5.41, 5.74) is 2.09. The number of hydrogen-bond acceptors (Lipinski definition) is 7. The molecular weight excluding hydrogens is 497 g/mol. The molecular formula is C24H27F3N4O2S2. The summed E-state index contributed by atoms with van der Waals surface area (Å²) >= 11 is 1.09. The van der Waals surface area contributed by atoms with Gasteiger partial charge in [-0.15, -0.1) is 11.3 Å². The van der Waals surface area contributed by atoms with Crippen molar-refractivity contribution in [2.45, 2.75) is 37.7 Å². The van der Waals surface area contributed by atoms with E-state index < -0.39 is 22.4 Å². The highest BCUT2D eigenvalue weighted by Crippen LogP contribution is 2.43. The Morgan fingerprint density at radius 1 is 1.06 bits per heavy atom. The van der Waals surface area contributed by atoms with Gasteiger partial charge >= 0.3 is 6.18 Å². The van der Waals surface area contributed by atoms with E-state index in [0.29, 0.717) is 10.2 Å². The van der Waals surface area contributed by atoms with Crippen molar-refractivity contribution < 1.29 is 21.6 Å². The molecule has 188 valence electrons. The number of sulfone groups is 1. The van der Waals surface area contributed by atoms with E-state index in [2.05, 4.69) is 19.8 Å². The molecule has 0 N–H and O–H groups in total. The number of benzene rings is 1. The molecule has 0 bridgehead atoms. The Morgan fingerprint density at radius 2 is 1.77 bits per heavy atom. The minimum absolute atomic E-state index is 0.0497. The van der Waals surface area contributed by atoms with Crippen LogP contribution in [0.15, 0.2) is 36.7 Å². The van der Waals surface area contributed by atoms with E-state index >= 15 is 0 Å². The first kappa shape index (κ1) is 24.5. The van der Waals surface area contributed by atoms with Gasteiger partial charge in [-0.25, -0.2) is 18.4 Å². The molecule has 2 aliphatic rings. The number of likely N-dealkylation sites (tertiary alicyclic amines) is 1. The van der Waals surface area contributed by atoms with Crippen LogP contribution in [-0.2, 0) is 28.6 Å². The van der Waals surface area contributed by atoms with Crippen molar-refractivity contribution in [3.8, 4) is 0 Å². The van der Waals surface area contributed by atoms with Crippen molar-refractivity contribution in [2.24, 2.45) is 5.41 Å². The number of aromatic nitrogens is 2. The third-order valence-electron chi connectivity index (χ3n) is 6.85. The van der Waals surface area contributed by atoms with Gasteiger partial charge in [0, 0.05) is 42.7 Å². The number of thiophene rings is 1. The van der Waals surface area contributed by atoms with Crippen LogP contribution in [0, 0.1) is 5.41 Å². The van der Waals surface area contributed by atoms with Crippen molar-refractivity contribution in [1.82, 2.24) is 14.9 Å². The second kappa shape index (κ2) is 9.01. The van der Waals surface area contributed by atoms with Crippen LogP contribution in [0.1, 0.15) is 28.8 Å². The van der Waals surface area contributed by atoms with Gasteiger partial charge in [-0.3, -0.25) is 4.90 Å². The second-order valence-corrected chi connectivity index (χ2v) is 13.2. The zero-order valence-electron chi connectivity index (χ0n) is 19.4. The van der Waals surface area contributed by atoms with Crippen LogP contribution >= 0.6 is 11.3 Å². The monoisotopic (exact) mass is 524 g/mol. The average Bonchev–Trinajstić information content (AvgIpc) is 3.45. The van der Waals surface area contributed by atoms with Crippen molar-refractivity contribution >= 4 is 37.2 Å². The van der Waals surface area contributed by atoms with Gasteiger partial charge in [-0.1, -0.05) is 24.3 Å². The predicted octanol–water partition coefficient (Wildman–Crippen LogP) is 4.44. The van der Waals surface area contributed by atoms with E-state index in [1.54, 1.807) is 6.07 Å². The Labute approximate surface area is 206 Å². The summed E-state index contributed by atoms with van der Waals surface area (Å²) < 4.78 is 61.6. The molecule has 0 amide bonds. The van der Waals surface area contributed by atoms with Crippen LogP contribution < -0.4 is 4.90 Å². The second-order valence-electron chi connectivity index (χ2n) is 9.94. The molecule has 6 nitrogen and oxygen atoms in total. The van der Waals surface area contributed by atoms with Crippen LogP contribution in [0.2, 0.25) is 0 Å². The summed E-state index contributed by atoms with van der Waals surface area (Å²) in [6.07, 6.45) is -0.420. The maximum Gasteiger partial charge on any atom is 0.393 e. The fourth-order valence-corrected chi connectivity index (χ4v) is 7.16. The van der Waals surface area contributed by atoms with Gasteiger partial charge < -0.3 is 4.90 Å². The molecule has 0 aliphatic carbocycles. The van der Waals surface area contributed by atoms with Crippen molar-refractivity contribution in [3.63, 3.8) is 0 Å². The topological polar surface area (TPSA) is 66.4 Å². The Morgan fingerprint density at radius 3 is 2.49 bits per heavy atom. The van der Waals surface area contributed by atoms with Gasteiger partial charge in [-0.05, 0) is 36.6 Å². The van der Waals surface area contributed by atoms with E-state index in [1.807, 2.05) is 24.3 Å². The minimum atomic E-state index is -4.24. The largest absolute Gasteiger partial charge is 0.393 e. The van der Waals surface area contributed by atoms with Crippen LogP contribution in [0.5, 0.6) is 0 Å². The Kier molecular flexibility index (Phi) is 6.29. The standard InChI is InChI=1S/C24H27F3N4O2S2/c1-35(32,33)13-18-4-2-17(3-5-18)12-30-8-6-23(14-30)7-9-31(15-23)21-20-10-19(11-24(25,26)27)34-22(20)29-16-28-21/h2-5,10,16H,6-9,11-15H2,1H3. The van der Waals surface area contributed by atoms with Gasteiger partial charge in [0.25, 0.3) is 0 Å². The van der Waals surface area contributed by atoms with Crippen LogP contribution in [0.4, 0.5) is 19.0 Å². The summed E-state index contributed by atoms with van der Waals surface area (Å²) in [7, 11) is -3.05. The first-order valence-electron chi connectivity index (χ1n) is 11.5. The predicted molar refractivity (Wildman–Crippen MR) is 131 cm³/mol. The molecule has 2 aliphatic heterocycles. The van der Waals surface area contributed by atoms with Crippen molar-refractivity contribution in [1.29, 1.82) is 0 Å². The summed E-state index contributed by atoms with van der Waals surface area (Å²) in [6.45, 7) is 4.39. The van der Waals surface area contributed by atoms with E-state index in [1.165, 1.54) is 12.6 Å². The maximum absolute atomic E-state index is 12.9. The highest BCUT2D eigenvalue weighted by atomic mass is 32.2. The smallest absolute Gasteiger partial charge is 0.355 e. The highest BCUT2D eigenvalue weighted by Gasteiger charge is 2.44. The molecule has 11 heteroatoms. The molecule has 1 spiro atoms. The molecule has 3 aromatic rings. The number of anilines is 1. The van der Waals surface area contributed by atoms with Crippen LogP contribution in [0.3, 0.4) is 0 Å². The molecule has 2 aromatic heterocycles. The molecule has 2 saturated heterocycles. The molecule has 1 unspecified atom stereocenters. The number of alkyl halides is 3. The molecule has 5 rings (SSSR count). The van der Waals surface area contributed by atoms with Crippen molar-refractivity contribution in [2.75, 3.05) is 37.3 Å². The normalized spacial score (nSPS) is 21.5. The number of hydrogen-bond donors (Lipinski definition) is 0. The molecule has 2 fully saturated rings. The Balaban J connectivity index is 1.25. The molecule has 4 heterocycles. The Bertz CT molecular complexity index is 1320. The van der Waals surface area contributed by atoms with Gasteiger partial charge in [0.1, 0.15) is 17.0 Å². The summed E-state index contributed by atoms with van der Waals surface area (Å²) in [4.78, 5) is 14.2. The fraction of sp³-hybridized carbons (Fsp3) is 0.500. The van der Waals surface area contributed by atoms with E-state index in [9.17, 15) is 21.6 Å². The SMILES string of the molecule is CS(=O)(=O)Cc1ccc(CN2CCC3(CCN(c4ncnc5sc(CC(F)(F)F)cc45)C3)C2)cc1. The van der Waals surface area contributed by atoms with Gasteiger partial charge in [0.2, 0.25) is 0 Å². The fourth-order valence-electron chi connectivity index (χ4n) is 5.34. The molecule has 1 aromatic carbocycles. The number of halogens is 3. The summed E-state index contributed by atoms with van der Waals surface area (Å²) in [5.74, 6) is 0.783. The molecule has 0 radical (unpaired) electrons. The van der Waals surface area contributed by atoms with Crippen molar-refractivity contribution in [3.05, 3.63) is 52.7 Å². The summed E-state index contributed by atoms with van der Waals surface area (Å²) in [6, 6.07) is 9.36. The lowest BCUT2D eigenvalue weighted by molar-refractivity contribution is -0.126. The van der Waals surface area contributed by atoms with Gasteiger partial charge in [0.05, 0.1) is 17.6 Å². The van der Waals surface area contributed by atoms with Gasteiger partial charge in [0.15, 0.2) is 9.84 Å². The third-order valence-corrected chi connectivity index (χ3v) is 8.75. The zero-order valence-corrected chi connectivity index (χ0v) is 21.0. The van der Waals surface area contributed by atoms with Crippen LogP contribution in [-0.4, -0.2) is 61.9 Å².